The molecule has 70 valence electrons. The average molecular weight is 168 g/mol. The van der Waals surface area contributed by atoms with E-state index in [1.807, 2.05) is 0 Å². The van der Waals surface area contributed by atoms with Crippen molar-refractivity contribution in [3.63, 3.8) is 0 Å². The minimum absolute atomic E-state index is 0.281. The van der Waals surface area contributed by atoms with Crippen molar-refractivity contribution in [1.82, 2.24) is 0 Å². The molecule has 0 amide bonds. The highest BCUT2D eigenvalue weighted by molar-refractivity contribution is 5.75. The molecule has 0 rings (SSSR count). The van der Waals surface area contributed by atoms with E-state index in [1.54, 1.807) is 6.92 Å². The Labute approximate surface area is 75.9 Å². The summed E-state index contributed by atoms with van der Waals surface area (Å²) >= 11 is 0. The molecule has 0 saturated carbocycles. The minimum atomic E-state index is 0.281. The van der Waals surface area contributed by atoms with E-state index >= 15 is 0 Å². The molecule has 0 heterocycles. The molecule has 0 aliphatic heterocycles. The van der Waals surface area contributed by atoms with Crippen molar-refractivity contribution in [3.8, 4) is 0 Å². The average Bonchev–Trinajstić information content (AvgIpc) is 2.03. The van der Waals surface area contributed by atoms with E-state index in [9.17, 15) is 4.79 Å². The molecule has 1 heteroatoms. The van der Waals surface area contributed by atoms with Crippen molar-refractivity contribution >= 4 is 5.78 Å². The number of ketones is 1. The van der Waals surface area contributed by atoms with Crippen molar-refractivity contribution < 1.29 is 4.79 Å². The van der Waals surface area contributed by atoms with Gasteiger partial charge in [0.25, 0.3) is 0 Å². The van der Waals surface area contributed by atoms with Crippen LogP contribution in [-0.2, 0) is 4.79 Å². The number of hydrogen-bond acceptors (Lipinski definition) is 1. The molecule has 1 unspecified atom stereocenters. The van der Waals surface area contributed by atoms with Gasteiger partial charge in [-0.1, -0.05) is 32.4 Å². The topological polar surface area (TPSA) is 17.1 Å². The fourth-order valence-electron chi connectivity index (χ4n) is 0.900. The third kappa shape index (κ3) is 7.52. The Hall–Kier alpha value is -0.590. The molecule has 12 heavy (non-hydrogen) atoms. The van der Waals surface area contributed by atoms with Crippen molar-refractivity contribution in [2.45, 2.75) is 46.5 Å². The summed E-state index contributed by atoms with van der Waals surface area (Å²) in [7, 11) is 0. The van der Waals surface area contributed by atoms with Crippen LogP contribution in [0.5, 0.6) is 0 Å². The Morgan fingerprint density at radius 3 is 2.58 bits per heavy atom. The van der Waals surface area contributed by atoms with E-state index < -0.39 is 0 Å². The van der Waals surface area contributed by atoms with Gasteiger partial charge in [0.05, 0.1) is 0 Å². The second-order valence-electron chi connectivity index (χ2n) is 3.46. The van der Waals surface area contributed by atoms with E-state index in [-0.39, 0.29) is 5.78 Å². The minimum Gasteiger partial charge on any atom is -0.300 e. The standard InChI is InChI=1S/C11H20O/c1-4-10(2)8-6-5-7-9-11(3)12/h5-6,10H,4,7-9H2,1-3H3. The van der Waals surface area contributed by atoms with Gasteiger partial charge in [-0.25, -0.2) is 0 Å². The van der Waals surface area contributed by atoms with E-state index in [4.69, 9.17) is 0 Å². The second-order valence-corrected chi connectivity index (χ2v) is 3.46. The molecular weight excluding hydrogens is 148 g/mol. The Balaban J connectivity index is 3.31. The smallest absolute Gasteiger partial charge is 0.130 e. The molecule has 0 N–H and O–H groups in total. The zero-order valence-electron chi connectivity index (χ0n) is 8.47. The summed E-state index contributed by atoms with van der Waals surface area (Å²) in [4.78, 5) is 10.6. The molecule has 0 aromatic rings. The molecule has 0 saturated heterocycles. The third-order valence-corrected chi connectivity index (χ3v) is 2.07. The van der Waals surface area contributed by atoms with Crippen LogP contribution < -0.4 is 0 Å². The van der Waals surface area contributed by atoms with Crippen LogP contribution in [0.2, 0.25) is 0 Å². The summed E-state index contributed by atoms with van der Waals surface area (Å²) in [5, 5.41) is 0. The summed E-state index contributed by atoms with van der Waals surface area (Å²) in [6, 6.07) is 0. The summed E-state index contributed by atoms with van der Waals surface area (Å²) in [5.41, 5.74) is 0. The van der Waals surface area contributed by atoms with Gasteiger partial charge < -0.3 is 4.79 Å². The lowest BCUT2D eigenvalue weighted by Gasteiger charge is -2.01. The van der Waals surface area contributed by atoms with Crippen LogP contribution in [0, 0.1) is 5.92 Å². The van der Waals surface area contributed by atoms with Gasteiger partial charge in [0.2, 0.25) is 0 Å². The van der Waals surface area contributed by atoms with Gasteiger partial charge in [-0.15, -0.1) is 0 Å². The van der Waals surface area contributed by atoms with Gasteiger partial charge in [-0.2, -0.15) is 0 Å². The first kappa shape index (κ1) is 11.4. The Kier molecular flexibility index (Phi) is 6.73. The highest BCUT2D eigenvalue weighted by Gasteiger charge is 1.93. The lowest BCUT2D eigenvalue weighted by atomic mass is 10.0. The molecule has 0 aromatic carbocycles. The number of carbonyl (C=O) groups excluding carboxylic acids is 1. The molecule has 0 aliphatic rings. The van der Waals surface area contributed by atoms with Crippen LogP contribution >= 0.6 is 0 Å². The van der Waals surface area contributed by atoms with Crippen LogP contribution in [-0.4, -0.2) is 5.78 Å². The van der Waals surface area contributed by atoms with Crippen LogP contribution in [0.4, 0.5) is 0 Å². The number of hydrogen-bond donors (Lipinski definition) is 0. The van der Waals surface area contributed by atoms with Crippen molar-refractivity contribution in [1.29, 1.82) is 0 Å². The molecule has 1 atom stereocenters. The zero-order chi connectivity index (χ0) is 9.40. The first-order chi connectivity index (χ1) is 5.66. The van der Waals surface area contributed by atoms with E-state index in [1.165, 1.54) is 6.42 Å². The number of allylic oxidation sites excluding steroid dienone is 2. The predicted octanol–water partition coefficient (Wildman–Crippen LogP) is 3.35. The molecule has 0 fully saturated rings. The van der Waals surface area contributed by atoms with Gasteiger partial charge in [0.1, 0.15) is 5.78 Å². The summed E-state index contributed by atoms with van der Waals surface area (Å²) < 4.78 is 0. The van der Waals surface area contributed by atoms with Gasteiger partial charge >= 0.3 is 0 Å². The maximum Gasteiger partial charge on any atom is 0.130 e. The van der Waals surface area contributed by atoms with E-state index in [2.05, 4.69) is 26.0 Å². The Morgan fingerprint density at radius 2 is 2.08 bits per heavy atom. The zero-order valence-corrected chi connectivity index (χ0v) is 8.47. The molecule has 0 spiro atoms. The molecule has 0 aromatic heterocycles. The summed E-state index contributed by atoms with van der Waals surface area (Å²) in [5.74, 6) is 1.06. The number of Topliss-reactive ketones (excluding diaryl/α,β-unsaturated/α-hetero) is 1. The molecule has 0 radical (unpaired) electrons. The lowest BCUT2D eigenvalue weighted by Crippen LogP contribution is -1.89. The van der Waals surface area contributed by atoms with Crippen LogP contribution in [0.3, 0.4) is 0 Å². The van der Waals surface area contributed by atoms with Crippen LogP contribution in [0.1, 0.15) is 46.5 Å². The quantitative estimate of drug-likeness (QED) is 0.556. The highest BCUT2D eigenvalue weighted by atomic mass is 16.1. The fourth-order valence-corrected chi connectivity index (χ4v) is 0.900. The van der Waals surface area contributed by atoms with Crippen molar-refractivity contribution in [2.75, 3.05) is 0 Å². The largest absolute Gasteiger partial charge is 0.300 e. The van der Waals surface area contributed by atoms with Gasteiger partial charge in [-0.05, 0) is 25.7 Å². The van der Waals surface area contributed by atoms with Gasteiger partial charge in [-0.3, -0.25) is 0 Å². The van der Waals surface area contributed by atoms with Crippen LogP contribution in [0.15, 0.2) is 12.2 Å². The fraction of sp³-hybridized carbons (Fsp3) is 0.727. The Bertz CT molecular complexity index is 147. The molecule has 0 aliphatic carbocycles. The van der Waals surface area contributed by atoms with Crippen molar-refractivity contribution in [2.24, 2.45) is 5.92 Å². The van der Waals surface area contributed by atoms with Gasteiger partial charge in [0.15, 0.2) is 0 Å². The molecule has 1 nitrogen and oxygen atoms in total. The summed E-state index contributed by atoms with van der Waals surface area (Å²) in [6.45, 7) is 6.09. The van der Waals surface area contributed by atoms with E-state index in [0.717, 1.165) is 18.8 Å². The monoisotopic (exact) mass is 168 g/mol. The Morgan fingerprint density at radius 1 is 1.42 bits per heavy atom. The molecule has 0 bridgehead atoms. The molecular formula is C11H20O. The van der Waals surface area contributed by atoms with Crippen molar-refractivity contribution in [3.05, 3.63) is 12.2 Å². The second kappa shape index (κ2) is 7.08. The maximum absolute atomic E-state index is 10.6. The first-order valence-electron chi connectivity index (χ1n) is 4.81. The number of carbonyl (C=O) groups is 1. The number of rotatable bonds is 6. The van der Waals surface area contributed by atoms with Gasteiger partial charge in [0, 0.05) is 6.42 Å². The normalized spacial score (nSPS) is 13.6. The first-order valence-corrected chi connectivity index (χ1v) is 4.81. The van der Waals surface area contributed by atoms with Crippen LogP contribution in [0.25, 0.3) is 0 Å². The summed E-state index contributed by atoms with van der Waals surface area (Å²) in [6.07, 6.45) is 8.29. The predicted molar refractivity (Wildman–Crippen MR) is 53.1 cm³/mol. The third-order valence-electron chi connectivity index (χ3n) is 2.07. The lowest BCUT2D eigenvalue weighted by molar-refractivity contribution is -0.116. The maximum atomic E-state index is 10.6. The SMILES string of the molecule is CCC(C)CC=CCCC(C)=O. The van der Waals surface area contributed by atoms with E-state index in [0.29, 0.717) is 6.42 Å². The highest BCUT2D eigenvalue weighted by Crippen LogP contribution is 2.07.